The molecule has 0 aromatic heterocycles. The Kier molecular flexibility index (Phi) is 7.44. The molecule has 0 saturated heterocycles. The molecule has 0 bridgehead atoms. The van der Waals surface area contributed by atoms with Crippen molar-refractivity contribution in [2.75, 3.05) is 12.0 Å². The predicted octanol–water partition coefficient (Wildman–Crippen LogP) is 0.812. The van der Waals surface area contributed by atoms with Crippen LogP contribution in [0.3, 0.4) is 0 Å². The third-order valence-corrected chi connectivity index (χ3v) is 2.40. The van der Waals surface area contributed by atoms with Gasteiger partial charge in [0, 0.05) is 6.04 Å². The Morgan fingerprint density at radius 2 is 2.29 bits per heavy atom. The van der Waals surface area contributed by atoms with Gasteiger partial charge < -0.3 is 15.6 Å². The van der Waals surface area contributed by atoms with Gasteiger partial charge in [0.05, 0.1) is 5.44 Å². The Morgan fingerprint density at radius 1 is 1.71 bits per heavy atom. The largest absolute Gasteiger partial charge is 0.479 e. The van der Waals surface area contributed by atoms with E-state index in [1.165, 1.54) is 0 Å². The van der Waals surface area contributed by atoms with E-state index in [-0.39, 0.29) is 0 Å². The van der Waals surface area contributed by atoms with E-state index in [2.05, 4.69) is 12.6 Å². The number of thiol groups is 1. The first-order valence-electron chi connectivity index (χ1n) is 4.30. The van der Waals surface area contributed by atoms with Crippen molar-refractivity contribution in [3.63, 3.8) is 0 Å². The highest BCUT2D eigenvalue weighted by Crippen LogP contribution is 2.10. The van der Waals surface area contributed by atoms with Crippen LogP contribution < -0.4 is 5.73 Å². The van der Waals surface area contributed by atoms with Crippen molar-refractivity contribution in [3.8, 4) is 0 Å². The number of thioether (sulfide) groups is 1. The summed E-state index contributed by atoms with van der Waals surface area (Å²) in [5.74, 6) is -0.200. The average molecular weight is 239 g/mol. The van der Waals surface area contributed by atoms with Gasteiger partial charge in [0.15, 0.2) is 6.10 Å². The van der Waals surface area contributed by atoms with Crippen LogP contribution in [-0.4, -0.2) is 40.7 Å². The van der Waals surface area contributed by atoms with Gasteiger partial charge >= 0.3 is 5.97 Å². The van der Waals surface area contributed by atoms with Gasteiger partial charge in [-0.3, -0.25) is 0 Å². The topological polar surface area (TPSA) is 72.5 Å². The minimum atomic E-state index is -1.03. The fourth-order valence-electron chi connectivity index (χ4n) is 0.960. The molecule has 0 saturated carbocycles. The van der Waals surface area contributed by atoms with Crippen molar-refractivity contribution in [2.45, 2.75) is 30.9 Å². The van der Waals surface area contributed by atoms with Gasteiger partial charge in [-0.15, -0.1) is 12.6 Å². The van der Waals surface area contributed by atoms with E-state index in [1.54, 1.807) is 18.7 Å². The molecule has 0 aliphatic carbocycles. The zero-order valence-corrected chi connectivity index (χ0v) is 10.1. The van der Waals surface area contributed by atoms with Gasteiger partial charge in [0.25, 0.3) is 0 Å². The highest BCUT2D eigenvalue weighted by molar-refractivity contribution is 7.98. The fourth-order valence-corrected chi connectivity index (χ4v) is 1.60. The third kappa shape index (κ3) is 5.74. The summed E-state index contributed by atoms with van der Waals surface area (Å²) in [6.45, 7) is 1.67. The van der Waals surface area contributed by atoms with Gasteiger partial charge in [-0.1, -0.05) is 0 Å². The summed E-state index contributed by atoms with van der Waals surface area (Å²) in [5, 5.41) is 8.85. The van der Waals surface area contributed by atoms with Gasteiger partial charge in [0.2, 0.25) is 0 Å². The summed E-state index contributed by atoms with van der Waals surface area (Å²) in [6, 6.07) is -0.477. The van der Waals surface area contributed by atoms with Crippen molar-refractivity contribution >= 4 is 30.4 Å². The van der Waals surface area contributed by atoms with Crippen LogP contribution in [0.2, 0.25) is 0 Å². The summed E-state index contributed by atoms with van der Waals surface area (Å²) in [5.41, 5.74) is 5.28. The van der Waals surface area contributed by atoms with Crippen molar-refractivity contribution in [1.82, 2.24) is 0 Å². The molecule has 6 heteroatoms. The van der Waals surface area contributed by atoms with Gasteiger partial charge in [0.1, 0.15) is 0 Å². The van der Waals surface area contributed by atoms with Gasteiger partial charge in [-0.25, -0.2) is 4.79 Å². The number of nitrogens with two attached hydrogens (primary N) is 1. The summed E-state index contributed by atoms with van der Waals surface area (Å²) < 4.78 is 5.10. The molecule has 0 spiro atoms. The number of carboxylic acids is 1. The van der Waals surface area contributed by atoms with Crippen LogP contribution in [0.1, 0.15) is 13.3 Å². The standard InChI is InChI=1S/C8H17NO3S2/c1-5(13)12-7(8(10)11)6(9)3-4-14-2/h5-7,13H,3-4,9H2,1-2H3,(H,10,11)/t5?,6-,7?/m1/s1. The number of carbonyl (C=O) groups is 1. The zero-order chi connectivity index (χ0) is 11.1. The van der Waals surface area contributed by atoms with E-state index in [0.717, 1.165) is 5.75 Å². The lowest BCUT2D eigenvalue weighted by molar-refractivity contribution is -0.152. The third-order valence-electron chi connectivity index (χ3n) is 1.63. The predicted molar refractivity (Wildman–Crippen MR) is 61.9 cm³/mol. The molecule has 0 aliphatic rings. The fraction of sp³-hybridized carbons (Fsp3) is 0.875. The monoisotopic (exact) mass is 239 g/mol. The Balaban J connectivity index is 4.11. The number of rotatable bonds is 7. The molecule has 0 aromatic rings. The van der Waals surface area contributed by atoms with Crippen LogP contribution in [0.4, 0.5) is 0 Å². The van der Waals surface area contributed by atoms with Crippen LogP contribution in [0.15, 0.2) is 0 Å². The maximum atomic E-state index is 10.8. The number of ether oxygens (including phenoxy) is 1. The van der Waals surface area contributed by atoms with Gasteiger partial charge in [-0.05, 0) is 25.4 Å². The summed E-state index contributed by atoms with van der Waals surface area (Å²) in [7, 11) is 0. The van der Waals surface area contributed by atoms with E-state index in [4.69, 9.17) is 15.6 Å². The average Bonchev–Trinajstić information content (AvgIpc) is 2.09. The Bertz CT molecular complexity index is 178. The normalized spacial score (nSPS) is 17.4. The summed E-state index contributed by atoms with van der Waals surface area (Å²) in [6.07, 6.45) is 1.61. The molecule has 3 N–H and O–H groups in total. The molecule has 0 heterocycles. The van der Waals surface area contributed by atoms with Crippen molar-refractivity contribution in [1.29, 1.82) is 0 Å². The smallest absolute Gasteiger partial charge is 0.334 e. The maximum absolute atomic E-state index is 10.8. The molecule has 84 valence electrons. The molecule has 3 atom stereocenters. The van der Waals surface area contributed by atoms with Crippen molar-refractivity contribution in [3.05, 3.63) is 0 Å². The van der Waals surface area contributed by atoms with E-state index in [0.29, 0.717) is 6.42 Å². The maximum Gasteiger partial charge on any atom is 0.334 e. The summed E-state index contributed by atoms with van der Waals surface area (Å²) in [4.78, 5) is 10.8. The highest BCUT2D eigenvalue weighted by atomic mass is 32.2. The first kappa shape index (κ1) is 14.1. The SMILES string of the molecule is CSCC[C@@H](N)C(OC(C)S)C(=O)O. The molecular weight excluding hydrogens is 222 g/mol. The second kappa shape index (κ2) is 7.39. The minimum absolute atomic E-state index is 0.420. The first-order valence-corrected chi connectivity index (χ1v) is 6.21. The Hall–Kier alpha value is 0.0900. The van der Waals surface area contributed by atoms with Crippen LogP contribution >= 0.6 is 24.4 Å². The molecular formula is C8H17NO3S2. The van der Waals surface area contributed by atoms with Gasteiger partial charge in [-0.2, -0.15) is 11.8 Å². The second-order valence-corrected chi connectivity index (χ2v) is 4.65. The molecule has 0 aliphatic heterocycles. The second-order valence-electron chi connectivity index (χ2n) is 2.94. The summed E-state index contributed by atoms with van der Waals surface area (Å²) >= 11 is 5.60. The van der Waals surface area contributed by atoms with Crippen LogP contribution in [-0.2, 0) is 9.53 Å². The molecule has 0 fully saturated rings. The first-order chi connectivity index (χ1) is 6.49. The van der Waals surface area contributed by atoms with E-state index in [9.17, 15) is 4.79 Å². The number of hydrogen-bond acceptors (Lipinski definition) is 5. The molecule has 0 aromatic carbocycles. The van der Waals surface area contributed by atoms with Crippen LogP contribution in [0.25, 0.3) is 0 Å². The van der Waals surface area contributed by atoms with E-state index >= 15 is 0 Å². The van der Waals surface area contributed by atoms with Crippen LogP contribution in [0, 0.1) is 0 Å². The quantitative estimate of drug-likeness (QED) is 0.453. The number of hydrogen-bond donors (Lipinski definition) is 3. The Labute approximate surface area is 94.0 Å². The van der Waals surface area contributed by atoms with Crippen LogP contribution in [0.5, 0.6) is 0 Å². The zero-order valence-electron chi connectivity index (χ0n) is 8.34. The number of aliphatic carboxylic acids is 1. The van der Waals surface area contributed by atoms with E-state index < -0.39 is 23.6 Å². The molecule has 14 heavy (non-hydrogen) atoms. The van der Waals surface area contributed by atoms with E-state index in [1.807, 2.05) is 6.26 Å². The lowest BCUT2D eigenvalue weighted by Crippen LogP contribution is -2.43. The molecule has 4 nitrogen and oxygen atoms in total. The number of carboxylic acid groups (broad SMARTS) is 1. The molecule has 2 unspecified atom stereocenters. The molecule has 0 rings (SSSR count). The minimum Gasteiger partial charge on any atom is -0.479 e. The molecule has 0 amide bonds. The Morgan fingerprint density at radius 3 is 2.64 bits per heavy atom. The molecule has 0 radical (unpaired) electrons. The highest BCUT2D eigenvalue weighted by Gasteiger charge is 2.26. The van der Waals surface area contributed by atoms with Crippen molar-refractivity contribution in [2.24, 2.45) is 5.73 Å². The van der Waals surface area contributed by atoms with Crippen molar-refractivity contribution < 1.29 is 14.6 Å². The lowest BCUT2D eigenvalue weighted by Gasteiger charge is -2.21. The lowest BCUT2D eigenvalue weighted by atomic mass is 10.1.